The van der Waals surface area contributed by atoms with Crippen LogP contribution >= 0.6 is 0 Å². The summed E-state index contributed by atoms with van der Waals surface area (Å²) in [7, 11) is 0. The van der Waals surface area contributed by atoms with E-state index < -0.39 is 18.1 Å². The molecule has 1 saturated carbocycles. The summed E-state index contributed by atoms with van der Waals surface area (Å²) in [5.41, 5.74) is 0. The Hall–Kier alpha value is -1.81. The average molecular weight is 337 g/mol. The zero-order valence-corrected chi connectivity index (χ0v) is 14.1. The van der Waals surface area contributed by atoms with Crippen LogP contribution in [0.4, 0.5) is 4.79 Å². The minimum atomic E-state index is -0.867. The quantitative estimate of drug-likeness (QED) is 0.716. The van der Waals surface area contributed by atoms with E-state index >= 15 is 0 Å². The second kappa shape index (κ2) is 9.48. The molecule has 2 aliphatic rings. The molecule has 2 fully saturated rings. The van der Waals surface area contributed by atoms with Crippen molar-refractivity contribution >= 4 is 12.0 Å². The van der Waals surface area contributed by atoms with Gasteiger partial charge in [-0.25, -0.2) is 4.79 Å². The minimum Gasteiger partial charge on any atom is -0.436 e. The van der Waals surface area contributed by atoms with Crippen molar-refractivity contribution in [3.05, 3.63) is 0 Å². The van der Waals surface area contributed by atoms with Crippen molar-refractivity contribution in [2.75, 3.05) is 19.7 Å². The van der Waals surface area contributed by atoms with Gasteiger partial charge in [0.25, 0.3) is 5.91 Å². The Kier molecular flexibility index (Phi) is 7.32. The standard InChI is InChI=1S/C17H27N3O4/c18-8-9-19-16(22)15(11-13-5-2-1-3-6-13)24-17(23)20-10-4-7-14(20)12-21/h13-15,21H,1-7,9-12H2,(H,19,22). The van der Waals surface area contributed by atoms with Gasteiger partial charge in [0.1, 0.15) is 6.54 Å². The van der Waals surface area contributed by atoms with Gasteiger partial charge in [0.2, 0.25) is 0 Å². The number of aliphatic hydroxyl groups excluding tert-OH is 1. The first kappa shape index (κ1) is 18.5. The molecule has 1 heterocycles. The second-order valence-electron chi connectivity index (χ2n) is 6.66. The van der Waals surface area contributed by atoms with Crippen LogP contribution in [0.3, 0.4) is 0 Å². The molecule has 2 amide bonds. The molecule has 0 aromatic heterocycles. The van der Waals surface area contributed by atoms with Gasteiger partial charge in [-0.05, 0) is 25.2 Å². The van der Waals surface area contributed by atoms with Gasteiger partial charge in [-0.15, -0.1) is 0 Å². The monoisotopic (exact) mass is 337 g/mol. The molecule has 2 rings (SSSR count). The molecule has 1 saturated heterocycles. The fraction of sp³-hybridized carbons (Fsp3) is 0.824. The van der Waals surface area contributed by atoms with Gasteiger partial charge in [0, 0.05) is 6.54 Å². The van der Waals surface area contributed by atoms with Crippen molar-refractivity contribution in [3.63, 3.8) is 0 Å². The molecule has 7 heteroatoms. The highest BCUT2D eigenvalue weighted by molar-refractivity contribution is 5.83. The van der Waals surface area contributed by atoms with E-state index in [1.54, 1.807) is 0 Å². The van der Waals surface area contributed by atoms with Gasteiger partial charge >= 0.3 is 6.09 Å². The highest BCUT2D eigenvalue weighted by Gasteiger charge is 2.33. The zero-order chi connectivity index (χ0) is 17.4. The molecule has 7 nitrogen and oxygen atoms in total. The summed E-state index contributed by atoms with van der Waals surface area (Å²) in [5, 5.41) is 20.5. The number of nitrogens with zero attached hydrogens (tertiary/aromatic N) is 2. The Labute approximate surface area is 142 Å². The number of likely N-dealkylation sites (tertiary alicyclic amines) is 1. The summed E-state index contributed by atoms with van der Waals surface area (Å²) in [6.07, 6.45) is 6.26. The molecular formula is C17H27N3O4. The summed E-state index contributed by atoms with van der Waals surface area (Å²) in [5.74, 6) is -0.0354. The van der Waals surface area contributed by atoms with Crippen LogP contribution in [0.25, 0.3) is 0 Å². The van der Waals surface area contributed by atoms with E-state index in [1.807, 2.05) is 6.07 Å². The SMILES string of the molecule is N#CCNC(=O)C(CC1CCCCC1)OC(=O)N1CCCC1CO. The number of aliphatic hydroxyl groups is 1. The van der Waals surface area contributed by atoms with Crippen molar-refractivity contribution in [2.24, 2.45) is 5.92 Å². The Bertz CT molecular complexity index is 471. The van der Waals surface area contributed by atoms with Crippen LogP contribution in [0.15, 0.2) is 0 Å². The third-order valence-corrected chi connectivity index (χ3v) is 4.97. The Morgan fingerprint density at radius 3 is 2.67 bits per heavy atom. The highest BCUT2D eigenvalue weighted by Crippen LogP contribution is 2.28. The lowest BCUT2D eigenvalue weighted by molar-refractivity contribution is -0.131. The van der Waals surface area contributed by atoms with E-state index in [-0.39, 0.29) is 19.2 Å². The van der Waals surface area contributed by atoms with Gasteiger partial charge in [-0.3, -0.25) is 4.79 Å². The number of ether oxygens (including phenoxy) is 1. The Balaban J connectivity index is 1.97. The number of carbonyl (C=O) groups excluding carboxylic acids is 2. The van der Waals surface area contributed by atoms with Gasteiger partial charge in [0.15, 0.2) is 6.10 Å². The van der Waals surface area contributed by atoms with E-state index in [9.17, 15) is 14.7 Å². The minimum absolute atomic E-state index is 0.0942. The maximum Gasteiger partial charge on any atom is 0.410 e. The first-order chi connectivity index (χ1) is 11.7. The first-order valence-corrected chi connectivity index (χ1v) is 8.88. The van der Waals surface area contributed by atoms with E-state index in [4.69, 9.17) is 10.00 Å². The molecule has 0 aromatic carbocycles. The molecule has 2 atom stereocenters. The molecule has 1 aliphatic heterocycles. The summed E-state index contributed by atoms with van der Waals surface area (Å²) < 4.78 is 5.48. The summed E-state index contributed by atoms with van der Waals surface area (Å²) in [6.45, 7) is 0.351. The molecule has 1 aliphatic carbocycles. The fourth-order valence-corrected chi connectivity index (χ4v) is 3.63. The van der Waals surface area contributed by atoms with E-state index in [0.717, 1.165) is 38.5 Å². The van der Waals surface area contributed by atoms with Crippen LogP contribution in [0.5, 0.6) is 0 Å². The van der Waals surface area contributed by atoms with Crippen LogP contribution in [0.1, 0.15) is 51.4 Å². The number of nitriles is 1. The first-order valence-electron chi connectivity index (χ1n) is 8.88. The van der Waals surface area contributed by atoms with Crippen LogP contribution < -0.4 is 5.32 Å². The predicted octanol–water partition coefficient (Wildman–Crippen LogP) is 1.56. The Morgan fingerprint density at radius 2 is 2.00 bits per heavy atom. The normalized spacial score (nSPS) is 22.7. The zero-order valence-electron chi connectivity index (χ0n) is 14.1. The fourth-order valence-electron chi connectivity index (χ4n) is 3.63. The largest absolute Gasteiger partial charge is 0.436 e. The molecular weight excluding hydrogens is 310 g/mol. The summed E-state index contributed by atoms with van der Waals surface area (Å²) in [4.78, 5) is 26.2. The second-order valence-corrected chi connectivity index (χ2v) is 6.66. The molecule has 0 radical (unpaired) electrons. The molecule has 0 bridgehead atoms. The Morgan fingerprint density at radius 1 is 1.25 bits per heavy atom. The third kappa shape index (κ3) is 5.10. The number of hydrogen-bond acceptors (Lipinski definition) is 5. The number of nitrogens with one attached hydrogen (secondary N) is 1. The van der Waals surface area contributed by atoms with Crippen molar-refractivity contribution < 1.29 is 19.4 Å². The van der Waals surface area contributed by atoms with Gasteiger partial charge in [0.05, 0.1) is 18.7 Å². The van der Waals surface area contributed by atoms with Crippen LogP contribution in [0.2, 0.25) is 0 Å². The van der Waals surface area contributed by atoms with Crippen molar-refractivity contribution in [1.29, 1.82) is 5.26 Å². The van der Waals surface area contributed by atoms with E-state index in [1.165, 1.54) is 11.3 Å². The molecule has 0 aromatic rings. The lowest BCUT2D eigenvalue weighted by atomic mass is 9.85. The number of hydrogen-bond donors (Lipinski definition) is 2. The number of amides is 2. The topological polar surface area (TPSA) is 103 Å². The van der Waals surface area contributed by atoms with Gasteiger partial charge in [-0.2, -0.15) is 5.26 Å². The summed E-state index contributed by atoms with van der Waals surface area (Å²) in [6, 6.07) is 1.64. The summed E-state index contributed by atoms with van der Waals surface area (Å²) >= 11 is 0. The molecule has 0 spiro atoms. The molecule has 134 valence electrons. The average Bonchev–Trinajstić information content (AvgIpc) is 3.08. The maximum absolute atomic E-state index is 12.4. The smallest absolute Gasteiger partial charge is 0.410 e. The van der Waals surface area contributed by atoms with Gasteiger partial charge in [-0.1, -0.05) is 32.1 Å². The lowest BCUT2D eigenvalue weighted by Gasteiger charge is -2.28. The van der Waals surface area contributed by atoms with Crippen LogP contribution in [-0.4, -0.2) is 53.8 Å². The van der Waals surface area contributed by atoms with E-state index in [0.29, 0.717) is 18.9 Å². The van der Waals surface area contributed by atoms with Crippen molar-refractivity contribution in [1.82, 2.24) is 10.2 Å². The lowest BCUT2D eigenvalue weighted by Crippen LogP contribution is -2.44. The molecule has 24 heavy (non-hydrogen) atoms. The third-order valence-electron chi connectivity index (χ3n) is 4.97. The van der Waals surface area contributed by atoms with E-state index in [2.05, 4.69) is 5.32 Å². The molecule has 2 N–H and O–H groups in total. The van der Waals surface area contributed by atoms with Crippen molar-refractivity contribution in [2.45, 2.75) is 63.5 Å². The number of rotatable bonds is 6. The van der Waals surface area contributed by atoms with Crippen molar-refractivity contribution in [3.8, 4) is 6.07 Å². The predicted molar refractivity (Wildman–Crippen MR) is 86.9 cm³/mol. The highest BCUT2D eigenvalue weighted by atomic mass is 16.6. The van der Waals surface area contributed by atoms with Crippen LogP contribution in [0, 0.1) is 17.2 Å². The maximum atomic E-state index is 12.4. The molecule has 2 unspecified atom stereocenters. The number of carbonyl (C=O) groups is 2. The van der Waals surface area contributed by atoms with Crippen LogP contribution in [-0.2, 0) is 9.53 Å². The van der Waals surface area contributed by atoms with Gasteiger partial charge < -0.3 is 20.1 Å².